The van der Waals surface area contributed by atoms with Gasteiger partial charge in [-0.2, -0.15) is 0 Å². The maximum atomic E-state index is 12.8. The molecule has 4 atom stereocenters. The van der Waals surface area contributed by atoms with Gasteiger partial charge in [0.2, 0.25) is 5.91 Å². The Hall–Kier alpha value is -2.79. The highest BCUT2D eigenvalue weighted by atomic mass is 16.6. The lowest BCUT2D eigenvalue weighted by atomic mass is 9.99. The lowest BCUT2D eigenvalue weighted by Crippen LogP contribution is -2.48. The molecule has 2 saturated heterocycles. The van der Waals surface area contributed by atoms with Gasteiger partial charge in [-0.25, -0.2) is 4.79 Å². The van der Waals surface area contributed by atoms with Crippen LogP contribution in [0.4, 0.5) is 0 Å². The van der Waals surface area contributed by atoms with Crippen LogP contribution in [0.3, 0.4) is 0 Å². The van der Waals surface area contributed by atoms with Crippen LogP contribution >= 0.6 is 0 Å². The summed E-state index contributed by atoms with van der Waals surface area (Å²) >= 11 is 0. The van der Waals surface area contributed by atoms with Crippen molar-refractivity contribution in [3.05, 3.63) is 67.5 Å². The Bertz CT molecular complexity index is 1160. The van der Waals surface area contributed by atoms with Crippen LogP contribution in [0.5, 0.6) is 0 Å². The summed E-state index contributed by atoms with van der Waals surface area (Å²) < 4.78 is 6.74. The van der Waals surface area contributed by atoms with E-state index in [2.05, 4.69) is 42.8 Å². The molecule has 2 fully saturated rings. The number of aliphatic hydroxyl groups is 2. The monoisotopic (exact) mass is 486 g/mol. The maximum absolute atomic E-state index is 12.8. The van der Waals surface area contributed by atoms with Gasteiger partial charge in [0.15, 0.2) is 6.23 Å². The van der Waals surface area contributed by atoms with Gasteiger partial charge in [0.1, 0.15) is 12.2 Å². The highest BCUT2D eigenvalue weighted by Gasteiger charge is 2.44. The highest BCUT2D eigenvalue weighted by Crippen LogP contribution is 2.30. The number of hydrogen-bond donors (Lipinski definition) is 3. The van der Waals surface area contributed by atoms with Gasteiger partial charge in [0, 0.05) is 51.4 Å². The molecule has 1 aromatic heterocycles. The van der Waals surface area contributed by atoms with Crippen LogP contribution in [0, 0.1) is 20.8 Å². The fourth-order valence-corrected chi connectivity index (χ4v) is 5.09. The van der Waals surface area contributed by atoms with E-state index in [9.17, 15) is 24.6 Å². The van der Waals surface area contributed by atoms with Gasteiger partial charge in [-0.3, -0.25) is 24.0 Å². The van der Waals surface area contributed by atoms with Crippen molar-refractivity contribution in [1.82, 2.24) is 19.4 Å². The molecule has 0 aliphatic carbocycles. The second-order valence-corrected chi connectivity index (χ2v) is 9.64. The molecule has 0 unspecified atom stereocenters. The van der Waals surface area contributed by atoms with Gasteiger partial charge < -0.3 is 19.8 Å². The largest absolute Gasteiger partial charge is 0.388 e. The predicted octanol–water partition coefficient (Wildman–Crippen LogP) is 0.206. The molecule has 0 saturated carbocycles. The van der Waals surface area contributed by atoms with E-state index in [-0.39, 0.29) is 18.7 Å². The molecule has 35 heavy (non-hydrogen) atoms. The third kappa shape index (κ3) is 5.56. The number of hydrogen-bond acceptors (Lipinski definition) is 7. The number of nitrogens with one attached hydrogen (secondary N) is 1. The molecule has 10 heteroatoms. The zero-order valence-corrected chi connectivity index (χ0v) is 20.4. The van der Waals surface area contributed by atoms with Gasteiger partial charge in [-0.1, -0.05) is 17.7 Å². The molecule has 190 valence electrons. The molecule has 0 bridgehead atoms. The van der Waals surface area contributed by atoms with Gasteiger partial charge >= 0.3 is 5.69 Å². The van der Waals surface area contributed by atoms with Crippen molar-refractivity contribution in [2.45, 2.75) is 64.7 Å². The number of amides is 1. The summed E-state index contributed by atoms with van der Waals surface area (Å²) in [6.07, 6.45) is -2.93. The molecule has 3 heterocycles. The topological polar surface area (TPSA) is 128 Å². The number of aromatic amines is 1. The van der Waals surface area contributed by atoms with E-state index >= 15 is 0 Å². The first-order valence-electron chi connectivity index (χ1n) is 12.0. The Balaban J connectivity index is 1.28. The summed E-state index contributed by atoms with van der Waals surface area (Å²) in [5, 5.41) is 20.8. The van der Waals surface area contributed by atoms with Gasteiger partial charge in [0.25, 0.3) is 5.56 Å². The van der Waals surface area contributed by atoms with Crippen molar-refractivity contribution in [3.8, 4) is 0 Å². The van der Waals surface area contributed by atoms with E-state index in [4.69, 9.17) is 4.74 Å². The van der Waals surface area contributed by atoms with E-state index in [1.165, 1.54) is 28.5 Å². The van der Waals surface area contributed by atoms with Crippen molar-refractivity contribution in [1.29, 1.82) is 0 Å². The van der Waals surface area contributed by atoms with Crippen LogP contribution < -0.4 is 11.2 Å². The number of benzene rings is 1. The van der Waals surface area contributed by atoms with Crippen molar-refractivity contribution < 1.29 is 19.7 Å². The molecule has 4 rings (SSSR count). The van der Waals surface area contributed by atoms with Crippen LogP contribution in [0.15, 0.2) is 34.0 Å². The Morgan fingerprint density at radius 1 is 1.06 bits per heavy atom. The molecule has 2 aliphatic heterocycles. The minimum Gasteiger partial charge on any atom is -0.388 e. The molecule has 0 radical (unpaired) electrons. The van der Waals surface area contributed by atoms with Gasteiger partial charge in [0.05, 0.1) is 6.10 Å². The lowest BCUT2D eigenvalue weighted by Gasteiger charge is -2.35. The Labute approximate surface area is 203 Å². The standard InChI is InChI=1S/C25H34N4O6/c1-15-12-16(2)18(17(3)13-15)14-27-8-10-28(11-9-27)21(31)5-4-19-22(32)23(33)24(35-19)29-7-6-20(30)26-25(29)34/h6-7,12-13,19,22-24,32-33H,4-5,8-11,14H2,1-3H3,(H,26,30,34)/t19-,22-,23-,24-/m1/s1. The molecule has 1 amide bonds. The SMILES string of the molecule is Cc1cc(C)c(CN2CCN(C(=O)CC[C@H]3O[C@@H](n4ccc(=O)[nH]c4=O)[C@H](O)[C@@H]3O)CC2)c(C)c1. The number of ether oxygens (including phenoxy) is 1. The summed E-state index contributed by atoms with van der Waals surface area (Å²) in [6.45, 7) is 10.1. The van der Waals surface area contributed by atoms with Crippen molar-refractivity contribution in [3.63, 3.8) is 0 Å². The molecule has 2 aliphatic rings. The number of aliphatic hydroxyl groups excluding tert-OH is 2. The van der Waals surface area contributed by atoms with Gasteiger partial charge in [-0.05, 0) is 43.9 Å². The van der Waals surface area contributed by atoms with Crippen LogP contribution in [-0.2, 0) is 16.1 Å². The number of aryl methyl sites for hydroxylation is 3. The molecule has 10 nitrogen and oxygen atoms in total. The summed E-state index contributed by atoms with van der Waals surface area (Å²) in [7, 11) is 0. The molecular weight excluding hydrogens is 452 g/mol. The highest BCUT2D eigenvalue weighted by molar-refractivity contribution is 5.76. The number of H-pyrrole nitrogens is 1. The fourth-order valence-electron chi connectivity index (χ4n) is 5.09. The number of rotatable bonds is 6. The van der Waals surface area contributed by atoms with Crippen LogP contribution in [0.1, 0.15) is 41.3 Å². The van der Waals surface area contributed by atoms with Crippen molar-refractivity contribution in [2.24, 2.45) is 0 Å². The summed E-state index contributed by atoms with van der Waals surface area (Å²) in [5.74, 6) is -0.0257. The smallest absolute Gasteiger partial charge is 0.330 e. The third-order valence-corrected chi connectivity index (χ3v) is 7.05. The predicted molar refractivity (Wildman–Crippen MR) is 129 cm³/mol. The van der Waals surface area contributed by atoms with Crippen LogP contribution in [0.25, 0.3) is 0 Å². The Morgan fingerprint density at radius 2 is 1.71 bits per heavy atom. The molecule has 3 N–H and O–H groups in total. The lowest BCUT2D eigenvalue weighted by molar-refractivity contribution is -0.134. The number of carbonyl (C=O) groups is 1. The first-order valence-corrected chi connectivity index (χ1v) is 12.0. The summed E-state index contributed by atoms with van der Waals surface area (Å²) in [5.41, 5.74) is 3.89. The summed E-state index contributed by atoms with van der Waals surface area (Å²) in [4.78, 5) is 42.4. The summed E-state index contributed by atoms with van der Waals surface area (Å²) in [6, 6.07) is 5.55. The van der Waals surface area contributed by atoms with E-state index in [1.54, 1.807) is 0 Å². The zero-order valence-electron chi connectivity index (χ0n) is 20.4. The normalized spacial score (nSPS) is 25.2. The van der Waals surface area contributed by atoms with E-state index in [1.807, 2.05) is 4.90 Å². The molecule has 1 aromatic carbocycles. The average Bonchev–Trinajstić information content (AvgIpc) is 3.08. The second-order valence-electron chi connectivity index (χ2n) is 9.64. The number of aromatic nitrogens is 2. The third-order valence-electron chi connectivity index (χ3n) is 7.05. The quantitative estimate of drug-likeness (QED) is 0.532. The number of nitrogens with zero attached hydrogens (tertiary/aromatic N) is 3. The molecule has 0 spiro atoms. The number of carbonyl (C=O) groups excluding carboxylic acids is 1. The first-order chi connectivity index (χ1) is 16.6. The van der Waals surface area contributed by atoms with Crippen LogP contribution in [-0.4, -0.2) is 80.0 Å². The van der Waals surface area contributed by atoms with E-state index in [0.29, 0.717) is 13.1 Å². The molecule has 2 aromatic rings. The van der Waals surface area contributed by atoms with E-state index in [0.717, 1.165) is 30.3 Å². The Morgan fingerprint density at radius 3 is 2.34 bits per heavy atom. The first kappa shape index (κ1) is 25.3. The minimum atomic E-state index is -1.35. The average molecular weight is 487 g/mol. The minimum absolute atomic E-state index is 0.0257. The van der Waals surface area contributed by atoms with Crippen molar-refractivity contribution >= 4 is 5.91 Å². The number of piperazine rings is 1. The Kier molecular flexibility index (Phi) is 7.56. The second kappa shape index (κ2) is 10.4. The zero-order chi connectivity index (χ0) is 25.3. The van der Waals surface area contributed by atoms with Crippen molar-refractivity contribution in [2.75, 3.05) is 26.2 Å². The van der Waals surface area contributed by atoms with Crippen LogP contribution in [0.2, 0.25) is 0 Å². The van der Waals surface area contributed by atoms with Gasteiger partial charge in [-0.15, -0.1) is 0 Å². The maximum Gasteiger partial charge on any atom is 0.330 e. The fraction of sp³-hybridized carbons (Fsp3) is 0.560. The molecular formula is C25H34N4O6. The van der Waals surface area contributed by atoms with E-state index < -0.39 is 35.8 Å².